The van der Waals surface area contributed by atoms with Crippen LogP contribution in [0, 0.1) is 13.8 Å². The molecule has 0 spiro atoms. The summed E-state index contributed by atoms with van der Waals surface area (Å²) >= 11 is 12.3. The lowest BCUT2D eigenvalue weighted by atomic mass is 9.97. The van der Waals surface area contributed by atoms with Crippen molar-refractivity contribution in [2.24, 2.45) is 0 Å². The van der Waals surface area contributed by atoms with Crippen LogP contribution in [0.25, 0.3) is 33.9 Å². The molecule has 1 aliphatic heterocycles. The zero-order valence-electron chi connectivity index (χ0n) is 38.7. The van der Waals surface area contributed by atoms with Crippen LogP contribution in [0.5, 0.6) is 11.8 Å². The van der Waals surface area contributed by atoms with Crippen molar-refractivity contribution in [3.8, 4) is 45.6 Å². The van der Waals surface area contributed by atoms with Crippen molar-refractivity contribution >= 4 is 46.9 Å². The van der Waals surface area contributed by atoms with Gasteiger partial charge in [-0.2, -0.15) is 46.5 Å². The summed E-state index contributed by atoms with van der Waals surface area (Å²) in [6.45, 7) is 3.38. The Morgan fingerprint density at radius 3 is 1.28 bits per heavy atom. The quantitative estimate of drug-likeness (QED) is 0.0750. The third kappa shape index (κ3) is 11.5. The lowest BCUT2D eigenvalue weighted by Gasteiger charge is -2.30. The minimum atomic E-state index is -4.91. The largest absolute Gasteiger partial charge is 0.459 e. The number of carbonyl (C=O) groups is 2. The molecule has 1 saturated heterocycles. The molecule has 5 heterocycles. The number of carbonyl (C=O) groups excluding carboxylic acids is 2. The van der Waals surface area contributed by atoms with Crippen molar-refractivity contribution in [3.05, 3.63) is 165 Å². The maximum atomic E-state index is 14.7. The van der Waals surface area contributed by atoms with E-state index < -0.39 is 60.2 Å². The standard InChI is InChI=1S/C50H40Cl2F6N12O4/c1-25-15-17-69(67-25)39-21-31(51)11-13-33(39)43(49(53,54)55)73-41-23-35(63-47(59)65-41)29-7-3-27(4-8-29)19-37-45(71)62-38(46(72)61-37)20-28-5-9-30(10-6-28)36-24-42(66-48(60)64-36)74-44(50(56,57)58)34-14-12-32(52)22-40(34)70-18-16-26(2)68-70/h3-18,21-24,37-38,43-44H,19-20H2,1-2H3,(H,61,72)(H,62,71)(H2,59,63,65)(H2,60,64,66)/t37-,38-,43+,44+/m0/s1. The fourth-order valence-corrected chi connectivity index (χ4v) is 8.52. The molecule has 1 fully saturated rings. The van der Waals surface area contributed by atoms with E-state index in [0.717, 1.165) is 0 Å². The van der Waals surface area contributed by atoms with Crippen LogP contribution in [0.15, 0.2) is 122 Å². The third-order valence-electron chi connectivity index (χ3n) is 11.6. The summed E-state index contributed by atoms with van der Waals surface area (Å²) in [6.07, 6.45) is -11.6. The molecule has 74 heavy (non-hydrogen) atoms. The Labute approximate surface area is 426 Å². The Balaban J connectivity index is 0.838. The number of anilines is 2. The topological polar surface area (TPSA) is 216 Å². The van der Waals surface area contributed by atoms with E-state index in [9.17, 15) is 35.9 Å². The lowest BCUT2D eigenvalue weighted by molar-refractivity contribution is -0.199. The Hall–Kier alpha value is -8.24. The van der Waals surface area contributed by atoms with Gasteiger partial charge in [-0.1, -0.05) is 83.9 Å². The van der Waals surface area contributed by atoms with E-state index in [1.54, 1.807) is 74.5 Å². The van der Waals surface area contributed by atoms with E-state index in [4.69, 9.17) is 44.1 Å². The molecular weight excluding hydrogens is 1020 g/mol. The highest BCUT2D eigenvalue weighted by atomic mass is 35.5. The maximum Gasteiger partial charge on any atom is 0.429 e. The minimum absolute atomic E-state index is 0.0472. The van der Waals surface area contributed by atoms with Crippen LogP contribution < -0.4 is 31.6 Å². The van der Waals surface area contributed by atoms with Crippen LogP contribution in [0.1, 0.15) is 45.8 Å². The maximum absolute atomic E-state index is 14.7. The van der Waals surface area contributed by atoms with Crippen molar-refractivity contribution < 1.29 is 45.4 Å². The molecule has 0 saturated carbocycles. The second kappa shape index (κ2) is 20.3. The number of aryl methyl sites for hydroxylation is 2. The number of rotatable bonds is 14. The van der Waals surface area contributed by atoms with Crippen molar-refractivity contribution in [2.45, 2.75) is 63.3 Å². The number of nitrogens with two attached hydrogens (primary N) is 2. The van der Waals surface area contributed by atoms with Crippen molar-refractivity contribution in [3.63, 3.8) is 0 Å². The Kier molecular flexibility index (Phi) is 13.9. The minimum Gasteiger partial charge on any atom is -0.459 e. The molecule has 4 aromatic carbocycles. The molecule has 0 bridgehead atoms. The van der Waals surface area contributed by atoms with Gasteiger partial charge >= 0.3 is 12.4 Å². The van der Waals surface area contributed by atoms with Crippen LogP contribution >= 0.6 is 23.2 Å². The average Bonchev–Trinajstić information content (AvgIpc) is 3.99. The molecule has 0 unspecified atom stereocenters. The highest BCUT2D eigenvalue weighted by molar-refractivity contribution is 6.31. The number of hydrogen-bond donors (Lipinski definition) is 4. The van der Waals surface area contributed by atoms with Gasteiger partial charge in [-0.25, -0.2) is 19.3 Å². The van der Waals surface area contributed by atoms with E-state index >= 15 is 0 Å². The number of benzene rings is 4. The Morgan fingerprint density at radius 1 is 0.568 bits per heavy atom. The molecule has 380 valence electrons. The number of hydrogen-bond acceptors (Lipinski definition) is 12. The first-order valence-electron chi connectivity index (χ1n) is 22.3. The van der Waals surface area contributed by atoms with Gasteiger partial charge in [0.15, 0.2) is 0 Å². The molecule has 0 radical (unpaired) electrons. The zero-order valence-corrected chi connectivity index (χ0v) is 40.2. The van der Waals surface area contributed by atoms with Crippen LogP contribution in [-0.2, 0) is 22.4 Å². The van der Waals surface area contributed by atoms with Crippen molar-refractivity contribution in [1.29, 1.82) is 0 Å². The molecule has 4 atom stereocenters. The predicted molar refractivity (Wildman–Crippen MR) is 261 cm³/mol. The van der Waals surface area contributed by atoms with Gasteiger partial charge in [-0.05, 0) is 61.4 Å². The summed E-state index contributed by atoms with van der Waals surface area (Å²) in [5.41, 5.74) is 15.0. The van der Waals surface area contributed by atoms with Gasteiger partial charge in [0.05, 0.1) is 34.2 Å². The number of nitrogens with zero attached hydrogens (tertiary/aromatic N) is 8. The van der Waals surface area contributed by atoms with Crippen LogP contribution in [0.2, 0.25) is 10.0 Å². The first-order valence-corrected chi connectivity index (χ1v) is 23.1. The number of piperazine rings is 1. The summed E-state index contributed by atoms with van der Waals surface area (Å²) in [5.74, 6) is -2.50. The molecule has 6 N–H and O–H groups in total. The smallest absolute Gasteiger partial charge is 0.429 e. The van der Waals surface area contributed by atoms with E-state index in [-0.39, 0.29) is 68.7 Å². The summed E-state index contributed by atoms with van der Waals surface area (Å²) in [5, 5.41) is 14.4. The zero-order chi connectivity index (χ0) is 52.6. The van der Waals surface area contributed by atoms with Gasteiger partial charge in [0.1, 0.15) is 12.1 Å². The number of nitrogen functional groups attached to an aromatic ring is 2. The Morgan fingerprint density at radius 2 is 0.946 bits per heavy atom. The van der Waals surface area contributed by atoms with Crippen molar-refractivity contribution in [2.75, 3.05) is 11.5 Å². The average molecular weight is 1060 g/mol. The summed E-state index contributed by atoms with van der Waals surface area (Å²) in [4.78, 5) is 42.9. The number of halogens is 8. The Bertz CT molecular complexity index is 3170. The fraction of sp³-hybridized carbons (Fsp3) is 0.200. The highest BCUT2D eigenvalue weighted by Gasteiger charge is 2.46. The number of alkyl halides is 6. The second-order valence-corrected chi connectivity index (χ2v) is 18.0. The molecule has 8 aromatic rings. The third-order valence-corrected chi connectivity index (χ3v) is 12.1. The van der Waals surface area contributed by atoms with Crippen LogP contribution in [-0.4, -0.2) is 75.7 Å². The summed E-state index contributed by atoms with van der Waals surface area (Å²) in [7, 11) is 0. The van der Waals surface area contributed by atoms with Gasteiger partial charge in [0.25, 0.3) is 0 Å². The SMILES string of the molecule is Cc1ccn(-c2cc(Cl)ccc2[C@@H](Oc2cc(-c3ccc(C[C@@H]4NC(=O)[C@H](Cc5ccc(-c6cc(O[C@H](c7ccc(Cl)cc7-n7ccc(C)n7)C(F)(F)F)nc(N)n6)cc5)NC4=O)cc3)nc(N)n2)C(F)(F)F)n1. The first-order chi connectivity index (χ1) is 35.1. The lowest BCUT2D eigenvalue weighted by Crippen LogP contribution is -2.62. The molecule has 4 aromatic heterocycles. The first kappa shape index (κ1) is 50.7. The van der Waals surface area contributed by atoms with Gasteiger partial charge in [-0.3, -0.25) is 9.59 Å². The molecule has 0 aliphatic carbocycles. The van der Waals surface area contributed by atoms with Gasteiger partial charge in [0, 0.05) is 69.7 Å². The van der Waals surface area contributed by atoms with Crippen molar-refractivity contribution in [1.82, 2.24) is 50.1 Å². The molecule has 2 amide bonds. The second-order valence-electron chi connectivity index (χ2n) is 17.1. The predicted octanol–water partition coefficient (Wildman–Crippen LogP) is 9.19. The number of aromatic nitrogens is 8. The monoisotopic (exact) mass is 1060 g/mol. The molecular formula is C50H40Cl2F6N12O4. The highest BCUT2D eigenvalue weighted by Crippen LogP contribution is 2.42. The number of amides is 2. The summed E-state index contributed by atoms with van der Waals surface area (Å²) in [6, 6.07) is 24.7. The van der Waals surface area contributed by atoms with E-state index in [1.165, 1.54) is 70.3 Å². The van der Waals surface area contributed by atoms with Gasteiger partial charge in [-0.15, -0.1) is 0 Å². The number of ether oxygens (including phenoxy) is 2. The van der Waals surface area contributed by atoms with E-state index in [1.807, 2.05) is 0 Å². The number of nitrogens with one attached hydrogen (secondary N) is 2. The van der Waals surface area contributed by atoms with Crippen LogP contribution in [0.3, 0.4) is 0 Å². The molecule has 16 nitrogen and oxygen atoms in total. The van der Waals surface area contributed by atoms with Crippen LogP contribution in [0.4, 0.5) is 38.2 Å². The fourth-order valence-electron chi connectivity index (χ4n) is 8.19. The van der Waals surface area contributed by atoms with E-state index in [2.05, 4.69) is 40.8 Å². The van der Waals surface area contributed by atoms with Gasteiger partial charge < -0.3 is 31.6 Å². The normalized spacial score (nSPS) is 15.8. The van der Waals surface area contributed by atoms with Gasteiger partial charge in [0.2, 0.25) is 47.7 Å². The molecule has 1 aliphatic rings. The van der Waals surface area contributed by atoms with E-state index in [0.29, 0.717) is 33.6 Å². The molecule has 9 rings (SSSR count). The summed E-state index contributed by atoms with van der Waals surface area (Å²) < 4.78 is 102. The molecule has 24 heteroatoms.